The highest BCUT2D eigenvalue weighted by Crippen LogP contribution is 2.25. The smallest absolute Gasteiger partial charge is 0.317 e. The van der Waals surface area contributed by atoms with Gasteiger partial charge >= 0.3 is 6.03 Å². The molecule has 2 aromatic rings. The van der Waals surface area contributed by atoms with E-state index < -0.39 is 4.92 Å². The lowest BCUT2D eigenvalue weighted by Gasteiger charge is -2.36. The number of nitro groups is 1. The second kappa shape index (κ2) is 9.13. The Bertz CT molecular complexity index is 987. The molecule has 0 bridgehead atoms. The summed E-state index contributed by atoms with van der Waals surface area (Å²) >= 11 is 0. The number of carbonyl (C=O) groups is 2. The number of benzene rings is 2. The number of carbonyl (C=O) groups excluding carboxylic acids is 2. The first-order valence-corrected chi connectivity index (χ1v) is 10.4. The summed E-state index contributed by atoms with van der Waals surface area (Å²) in [7, 11) is 1.59. The number of methoxy groups -OCH3 is 1. The lowest BCUT2D eigenvalue weighted by molar-refractivity contribution is -0.384. The van der Waals surface area contributed by atoms with Crippen molar-refractivity contribution in [1.82, 2.24) is 10.2 Å². The number of anilines is 2. The standard InChI is InChI=1S/C22H25N5O5/c1-32-20-8-6-18(7-9-20)26-15-16(14-21(26)28)23-22(29)25-12-10-24(11-13-25)17-2-4-19(5-3-17)27(30)31/h2-9,16H,10-15H2,1H3,(H,23,29). The molecule has 2 aromatic carbocycles. The number of nitrogens with zero attached hydrogens (tertiary/aromatic N) is 4. The number of piperazine rings is 1. The van der Waals surface area contributed by atoms with Crippen LogP contribution in [-0.2, 0) is 4.79 Å². The molecular formula is C22H25N5O5. The first kappa shape index (κ1) is 21.4. The molecule has 10 nitrogen and oxygen atoms in total. The van der Waals surface area contributed by atoms with E-state index in [1.807, 2.05) is 12.1 Å². The Morgan fingerprint density at radius 2 is 1.66 bits per heavy atom. The van der Waals surface area contributed by atoms with E-state index in [0.717, 1.165) is 17.1 Å². The van der Waals surface area contributed by atoms with Crippen molar-refractivity contribution < 1.29 is 19.2 Å². The van der Waals surface area contributed by atoms with Crippen molar-refractivity contribution in [1.29, 1.82) is 0 Å². The number of ether oxygens (including phenoxy) is 1. The third-order valence-corrected chi connectivity index (χ3v) is 5.83. The van der Waals surface area contributed by atoms with E-state index in [9.17, 15) is 19.7 Å². The van der Waals surface area contributed by atoms with Crippen molar-refractivity contribution in [3.05, 3.63) is 58.6 Å². The predicted molar refractivity (Wildman–Crippen MR) is 119 cm³/mol. The summed E-state index contributed by atoms with van der Waals surface area (Å²) in [4.78, 5) is 41.1. The second-order valence-corrected chi connectivity index (χ2v) is 7.80. The summed E-state index contributed by atoms with van der Waals surface area (Å²) in [6.07, 6.45) is 0.264. The fraction of sp³-hybridized carbons (Fsp3) is 0.364. The lowest BCUT2D eigenvalue weighted by Crippen LogP contribution is -2.53. The Balaban J connectivity index is 1.28. The van der Waals surface area contributed by atoms with Crippen LogP contribution in [0.1, 0.15) is 6.42 Å². The van der Waals surface area contributed by atoms with E-state index in [1.54, 1.807) is 41.2 Å². The third kappa shape index (κ3) is 4.58. The zero-order valence-electron chi connectivity index (χ0n) is 17.8. The van der Waals surface area contributed by atoms with E-state index in [-0.39, 0.29) is 30.1 Å². The second-order valence-electron chi connectivity index (χ2n) is 7.80. The van der Waals surface area contributed by atoms with Gasteiger partial charge in [-0.2, -0.15) is 0 Å². The first-order chi connectivity index (χ1) is 15.4. The maximum absolute atomic E-state index is 12.7. The van der Waals surface area contributed by atoms with Crippen LogP contribution in [0.25, 0.3) is 0 Å². The Labute approximate surface area is 185 Å². The average molecular weight is 439 g/mol. The minimum Gasteiger partial charge on any atom is -0.497 e. The van der Waals surface area contributed by atoms with Crippen LogP contribution in [0.3, 0.4) is 0 Å². The number of urea groups is 1. The lowest BCUT2D eigenvalue weighted by atomic mass is 10.2. The van der Waals surface area contributed by atoms with E-state index in [2.05, 4.69) is 10.2 Å². The summed E-state index contributed by atoms with van der Waals surface area (Å²) < 4.78 is 5.15. The number of nitrogens with one attached hydrogen (secondary N) is 1. The van der Waals surface area contributed by atoms with Gasteiger partial charge in [-0.25, -0.2) is 4.79 Å². The molecule has 2 fully saturated rings. The highest BCUT2D eigenvalue weighted by molar-refractivity contribution is 5.96. The van der Waals surface area contributed by atoms with Crippen molar-refractivity contribution >= 4 is 29.0 Å². The Hall–Kier alpha value is -3.82. The maximum atomic E-state index is 12.7. The number of non-ortho nitro benzene ring substituents is 1. The molecule has 32 heavy (non-hydrogen) atoms. The normalized spacial score (nSPS) is 18.6. The molecule has 2 saturated heterocycles. The van der Waals surface area contributed by atoms with Gasteiger partial charge in [0, 0.05) is 62.7 Å². The molecular weight excluding hydrogens is 414 g/mol. The molecule has 1 N–H and O–H groups in total. The fourth-order valence-electron chi connectivity index (χ4n) is 4.03. The molecule has 2 aliphatic rings. The molecule has 2 aliphatic heterocycles. The van der Waals surface area contributed by atoms with Crippen molar-refractivity contribution in [3.63, 3.8) is 0 Å². The third-order valence-electron chi connectivity index (χ3n) is 5.83. The van der Waals surface area contributed by atoms with Crippen LogP contribution in [0, 0.1) is 10.1 Å². The van der Waals surface area contributed by atoms with Gasteiger partial charge in [-0.3, -0.25) is 14.9 Å². The van der Waals surface area contributed by atoms with Crippen LogP contribution in [0.15, 0.2) is 48.5 Å². The maximum Gasteiger partial charge on any atom is 0.317 e. The van der Waals surface area contributed by atoms with Crippen LogP contribution < -0.4 is 19.9 Å². The van der Waals surface area contributed by atoms with Crippen molar-refractivity contribution in [2.45, 2.75) is 12.5 Å². The van der Waals surface area contributed by atoms with Crippen LogP contribution >= 0.6 is 0 Å². The van der Waals surface area contributed by atoms with Crippen LogP contribution in [0.5, 0.6) is 5.75 Å². The van der Waals surface area contributed by atoms with E-state index >= 15 is 0 Å². The Morgan fingerprint density at radius 3 is 2.25 bits per heavy atom. The van der Waals surface area contributed by atoms with Crippen LogP contribution in [-0.4, -0.2) is 67.6 Å². The van der Waals surface area contributed by atoms with Gasteiger partial charge in [0.15, 0.2) is 0 Å². The molecule has 168 valence electrons. The number of amides is 3. The van der Waals surface area contributed by atoms with Gasteiger partial charge in [-0.1, -0.05) is 0 Å². The zero-order chi connectivity index (χ0) is 22.7. The molecule has 4 rings (SSSR count). The zero-order valence-corrected chi connectivity index (χ0v) is 17.8. The summed E-state index contributed by atoms with van der Waals surface area (Å²) in [5.74, 6) is 0.696. The van der Waals surface area contributed by atoms with Crippen molar-refractivity contribution in [3.8, 4) is 5.75 Å². The van der Waals surface area contributed by atoms with Gasteiger partial charge in [-0.05, 0) is 36.4 Å². The number of rotatable bonds is 5. The van der Waals surface area contributed by atoms with Gasteiger partial charge < -0.3 is 24.8 Å². The van der Waals surface area contributed by atoms with E-state index in [1.165, 1.54) is 12.1 Å². The number of hydrogen-bond donors (Lipinski definition) is 1. The molecule has 0 saturated carbocycles. The summed E-state index contributed by atoms with van der Waals surface area (Å²) in [5.41, 5.74) is 1.73. The predicted octanol–water partition coefficient (Wildman–Crippen LogP) is 2.24. The largest absolute Gasteiger partial charge is 0.497 e. The molecule has 0 radical (unpaired) electrons. The summed E-state index contributed by atoms with van der Waals surface area (Å²) in [6.45, 7) is 2.76. The topological polar surface area (TPSA) is 108 Å². The van der Waals surface area contributed by atoms with Crippen LogP contribution in [0.2, 0.25) is 0 Å². The molecule has 2 heterocycles. The summed E-state index contributed by atoms with van der Waals surface area (Å²) in [6, 6.07) is 13.3. The minimum atomic E-state index is -0.421. The Kier molecular flexibility index (Phi) is 6.11. The van der Waals surface area contributed by atoms with Crippen LogP contribution in [0.4, 0.5) is 21.9 Å². The molecule has 1 unspecified atom stereocenters. The van der Waals surface area contributed by atoms with E-state index in [4.69, 9.17) is 4.74 Å². The van der Waals surface area contributed by atoms with E-state index in [0.29, 0.717) is 32.7 Å². The van der Waals surface area contributed by atoms with Gasteiger partial charge in [0.1, 0.15) is 5.75 Å². The van der Waals surface area contributed by atoms with Gasteiger partial charge in [0.2, 0.25) is 5.91 Å². The number of nitro benzene ring substituents is 1. The molecule has 3 amide bonds. The summed E-state index contributed by atoms with van der Waals surface area (Å²) in [5, 5.41) is 13.8. The molecule has 0 aromatic heterocycles. The molecule has 0 spiro atoms. The quantitative estimate of drug-likeness (QED) is 0.565. The molecule has 10 heteroatoms. The first-order valence-electron chi connectivity index (χ1n) is 10.4. The average Bonchev–Trinajstić information content (AvgIpc) is 3.19. The SMILES string of the molecule is COc1ccc(N2CC(NC(=O)N3CCN(c4ccc([N+](=O)[O-])cc4)CC3)CC2=O)cc1. The van der Waals surface area contributed by atoms with Gasteiger partial charge in [-0.15, -0.1) is 0 Å². The number of hydrogen-bond acceptors (Lipinski definition) is 6. The monoisotopic (exact) mass is 439 g/mol. The van der Waals surface area contributed by atoms with Gasteiger partial charge in [0.05, 0.1) is 18.1 Å². The van der Waals surface area contributed by atoms with Crippen molar-refractivity contribution in [2.24, 2.45) is 0 Å². The van der Waals surface area contributed by atoms with Crippen molar-refractivity contribution in [2.75, 3.05) is 49.6 Å². The minimum absolute atomic E-state index is 0.0246. The molecule has 0 aliphatic carbocycles. The highest BCUT2D eigenvalue weighted by Gasteiger charge is 2.33. The fourth-order valence-corrected chi connectivity index (χ4v) is 4.03. The highest BCUT2D eigenvalue weighted by atomic mass is 16.6. The Morgan fingerprint density at radius 1 is 1.03 bits per heavy atom. The molecule has 1 atom stereocenters. The van der Waals surface area contributed by atoms with Gasteiger partial charge in [0.25, 0.3) is 5.69 Å².